The Labute approximate surface area is 181 Å². The molecule has 0 bridgehead atoms. The second kappa shape index (κ2) is 6.68. The smallest absolute Gasteiger partial charge is 0.144 e. The van der Waals surface area contributed by atoms with E-state index in [4.69, 9.17) is 9.40 Å². The van der Waals surface area contributed by atoms with E-state index in [2.05, 4.69) is 77.9 Å². The highest BCUT2D eigenvalue weighted by Crippen LogP contribution is 2.42. The van der Waals surface area contributed by atoms with Crippen molar-refractivity contribution in [3.63, 3.8) is 0 Å². The number of hydrogen-bond acceptors (Lipinski definition) is 3. The Morgan fingerprint density at radius 1 is 1.00 bits per heavy atom. The van der Waals surface area contributed by atoms with Gasteiger partial charge in [0.1, 0.15) is 11.2 Å². The monoisotopic (exact) mass is 413 g/mol. The van der Waals surface area contributed by atoms with Gasteiger partial charge in [0.15, 0.2) is 0 Å². The van der Waals surface area contributed by atoms with Gasteiger partial charge in [-0.15, -0.1) is 11.3 Å². The zero-order chi connectivity index (χ0) is 21.2. The van der Waals surface area contributed by atoms with Crippen molar-refractivity contribution in [2.24, 2.45) is 5.41 Å². The zero-order valence-electron chi connectivity index (χ0n) is 18.5. The van der Waals surface area contributed by atoms with E-state index in [1.54, 1.807) is 0 Å². The summed E-state index contributed by atoms with van der Waals surface area (Å²) in [5.74, 6) is 0. The first-order chi connectivity index (χ1) is 14.2. The summed E-state index contributed by atoms with van der Waals surface area (Å²) in [6, 6.07) is 13.0. The van der Waals surface area contributed by atoms with Crippen molar-refractivity contribution in [3.05, 3.63) is 64.2 Å². The molecule has 0 aliphatic carbocycles. The van der Waals surface area contributed by atoms with E-state index in [0.717, 1.165) is 28.8 Å². The summed E-state index contributed by atoms with van der Waals surface area (Å²) in [5, 5.41) is 3.73. The number of nitrogens with zero attached hydrogens (tertiary/aromatic N) is 1. The highest BCUT2D eigenvalue weighted by molar-refractivity contribution is 7.19. The van der Waals surface area contributed by atoms with Gasteiger partial charge in [-0.2, -0.15) is 0 Å². The zero-order valence-corrected chi connectivity index (χ0v) is 19.3. The second-order valence-corrected chi connectivity index (χ2v) is 10.9. The van der Waals surface area contributed by atoms with Crippen LogP contribution in [0.1, 0.15) is 42.3 Å². The fourth-order valence-electron chi connectivity index (χ4n) is 4.42. The van der Waals surface area contributed by atoms with E-state index in [0.29, 0.717) is 0 Å². The average molecular weight is 414 g/mol. The summed E-state index contributed by atoms with van der Waals surface area (Å²) >= 11 is 1.86. The van der Waals surface area contributed by atoms with Crippen molar-refractivity contribution in [1.29, 1.82) is 0 Å². The second-order valence-electron chi connectivity index (χ2n) is 9.61. The van der Waals surface area contributed by atoms with Gasteiger partial charge in [-0.05, 0) is 73.6 Å². The molecule has 0 saturated carbocycles. The molecule has 0 fully saturated rings. The predicted octanol–water partition coefficient (Wildman–Crippen LogP) is 8.38. The Morgan fingerprint density at radius 3 is 2.57 bits per heavy atom. The number of rotatable bonds is 2. The number of aryl methyl sites for hydroxylation is 3. The number of fused-ring (bicyclic) bond motifs is 5. The standard InChI is InChI=1S/C27H27NOS/c1-15-14-28-21(12-18(15)13-27(4,5)6)19-8-7-9-20-25-22(29-26(19)20)10-11-23-24(25)16(2)17(3)30-23/h7-12,14H,13H2,1-6H3. The van der Waals surface area contributed by atoms with Gasteiger partial charge in [-0.3, -0.25) is 4.98 Å². The fourth-order valence-corrected chi connectivity index (χ4v) is 5.50. The molecule has 0 unspecified atom stereocenters. The van der Waals surface area contributed by atoms with Crippen LogP contribution in [0.5, 0.6) is 0 Å². The van der Waals surface area contributed by atoms with Crippen LogP contribution in [0.2, 0.25) is 0 Å². The highest BCUT2D eigenvalue weighted by atomic mass is 32.1. The van der Waals surface area contributed by atoms with Crippen molar-refractivity contribution in [3.8, 4) is 11.3 Å². The minimum absolute atomic E-state index is 0.231. The number of thiophene rings is 1. The number of para-hydroxylation sites is 1. The quantitative estimate of drug-likeness (QED) is 0.290. The maximum atomic E-state index is 6.45. The van der Waals surface area contributed by atoms with Gasteiger partial charge >= 0.3 is 0 Å². The van der Waals surface area contributed by atoms with Gasteiger partial charge in [-0.1, -0.05) is 32.9 Å². The van der Waals surface area contributed by atoms with Crippen LogP contribution in [-0.2, 0) is 6.42 Å². The lowest BCUT2D eigenvalue weighted by Gasteiger charge is -2.20. The summed E-state index contributed by atoms with van der Waals surface area (Å²) in [4.78, 5) is 6.16. The van der Waals surface area contributed by atoms with Crippen molar-refractivity contribution < 1.29 is 4.42 Å². The Bertz CT molecular complexity index is 1430. The fraction of sp³-hybridized carbons (Fsp3) is 0.296. The summed E-state index contributed by atoms with van der Waals surface area (Å²) in [7, 11) is 0. The van der Waals surface area contributed by atoms with Crippen LogP contribution in [-0.4, -0.2) is 4.98 Å². The predicted molar refractivity (Wildman–Crippen MR) is 130 cm³/mol. The third kappa shape index (κ3) is 3.04. The van der Waals surface area contributed by atoms with E-state index < -0.39 is 0 Å². The van der Waals surface area contributed by atoms with Crippen LogP contribution in [0.4, 0.5) is 0 Å². The van der Waals surface area contributed by atoms with Crippen molar-refractivity contribution in [2.45, 2.75) is 48.0 Å². The third-order valence-corrected chi connectivity index (χ3v) is 7.18. The lowest BCUT2D eigenvalue weighted by Crippen LogP contribution is -2.10. The Hall–Kier alpha value is -2.65. The molecule has 3 heterocycles. The molecule has 0 spiro atoms. The lowest BCUT2D eigenvalue weighted by atomic mass is 9.86. The van der Waals surface area contributed by atoms with E-state index >= 15 is 0 Å². The maximum Gasteiger partial charge on any atom is 0.144 e. The molecule has 0 amide bonds. The molecule has 2 nitrogen and oxygen atoms in total. The molecule has 0 N–H and O–H groups in total. The van der Waals surface area contributed by atoms with Crippen molar-refractivity contribution in [2.75, 3.05) is 0 Å². The first kappa shape index (κ1) is 19.3. The summed E-state index contributed by atoms with van der Waals surface area (Å²) in [6.07, 6.45) is 3.03. The summed E-state index contributed by atoms with van der Waals surface area (Å²) in [6.45, 7) is 13.4. The molecule has 30 heavy (non-hydrogen) atoms. The third-order valence-electron chi connectivity index (χ3n) is 6.00. The van der Waals surface area contributed by atoms with E-state index in [1.807, 2.05) is 17.5 Å². The Morgan fingerprint density at radius 2 is 1.80 bits per heavy atom. The van der Waals surface area contributed by atoms with Gasteiger partial charge in [0.05, 0.1) is 5.69 Å². The van der Waals surface area contributed by atoms with Crippen LogP contribution in [0.3, 0.4) is 0 Å². The number of pyridine rings is 1. The molecule has 0 aliphatic rings. The molecular formula is C27H27NOS. The van der Waals surface area contributed by atoms with Crippen LogP contribution in [0.25, 0.3) is 43.3 Å². The molecule has 0 aliphatic heterocycles. The topological polar surface area (TPSA) is 26.0 Å². The number of hydrogen-bond donors (Lipinski definition) is 0. The van der Waals surface area contributed by atoms with Gasteiger partial charge in [0.25, 0.3) is 0 Å². The van der Waals surface area contributed by atoms with Crippen LogP contribution >= 0.6 is 11.3 Å². The van der Waals surface area contributed by atoms with Crippen LogP contribution in [0.15, 0.2) is 47.0 Å². The van der Waals surface area contributed by atoms with Crippen molar-refractivity contribution in [1.82, 2.24) is 4.98 Å². The molecule has 0 atom stereocenters. The average Bonchev–Trinajstić information content (AvgIpc) is 3.19. The number of aromatic nitrogens is 1. The molecule has 0 saturated heterocycles. The van der Waals surface area contributed by atoms with Gasteiger partial charge in [0, 0.05) is 37.5 Å². The van der Waals surface area contributed by atoms with Crippen LogP contribution in [0, 0.1) is 26.2 Å². The Kier molecular flexibility index (Phi) is 4.30. The molecule has 0 radical (unpaired) electrons. The molecule has 3 aromatic heterocycles. The summed E-state index contributed by atoms with van der Waals surface area (Å²) < 4.78 is 7.77. The van der Waals surface area contributed by atoms with E-state index in [1.165, 1.54) is 42.4 Å². The molecular weight excluding hydrogens is 386 g/mol. The largest absolute Gasteiger partial charge is 0.455 e. The SMILES string of the molecule is Cc1cnc(-c2cccc3c2oc2ccc4sc(C)c(C)c4c23)cc1CC(C)(C)C. The highest BCUT2D eigenvalue weighted by Gasteiger charge is 2.19. The minimum Gasteiger partial charge on any atom is -0.455 e. The molecule has 5 rings (SSSR count). The Balaban J connectivity index is 1.78. The first-order valence-corrected chi connectivity index (χ1v) is 11.3. The molecule has 5 aromatic rings. The van der Waals surface area contributed by atoms with Gasteiger partial charge in [0.2, 0.25) is 0 Å². The lowest BCUT2D eigenvalue weighted by molar-refractivity contribution is 0.410. The van der Waals surface area contributed by atoms with Gasteiger partial charge in [-0.25, -0.2) is 0 Å². The number of benzene rings is 2. The first-order valence-electron chi connectivity index (χ1n) is 10.5. The molecule has 152 valence electrons. The summed E-state index contributed by atoms with van der Waals surface area (Å²) in [5.41, 5.74) is 8.12. The minimum atomic E-state index is 0.231. The molecule has 3 heteroatoms. The van der Waals surface area contributed by atoms with E-state index in [-0.39, 0.29) is 5.41 Å². The van der Waals surface area contributed by atoms with Crippen molar-refractivity contribution >= 4 is 43.4 Å². The molecule has 2 aromatic carbocycles. The van der Waals surface area contributed by atoms with Crippen LogP contribution < -0.4 is 0 Å². The van der Waals surface area contributed by atoms with E-state index in [9.17, 15) is 0 Å². The normalized spacial score (nSPS) is 12.5. The maximum absolute atomic E-state index is 6.45. The number of furan rings is 1. The van der Waals surface area contributed by atoms with Gasteiger partial charge < -0.3 is 4.42 Å².